The van der Waals surface area contributed by atoms with Crippen molar-refractivity contribution in [3.63, 3.8) is 0 Å². The Hall–Kier alpha value is -1.10. The van der Waals surface area contributed by atoms with Crippen molar-refractivity contribution < 1.29 is 9.90 Å². The van der Waals surface area contributed by atoms with Gasteiger partial charge >= 0.3 is 6.09 Å². The molecule has 2 rings (SSSR count). The molecule has 1 aromatic heterocycles. The molecule has 0 aliphatic heterocycles. The summed E-state index contributed by atoms with van der Waals surface area (Å²) in [5.41, 5.74) is 1.09. The maximum Gasteiger partial charge on any atom is 0.404 e. The van der Waals surface area contributed by atoms with Crippen LogP contribution in [0.15, 0.2) is 22.9 Å². The van der Waals surface area contributed by atoms with Crippen LogP contribution in [-0.2, 0) is 0 Å². The van der Waals surface area contributed by atoms with Crippen molar-refractivity contribution in [3.8, 4) is 0 Å². The van der Waals surface area contributed by atoms with E-state index in [0.717, 1.165) is 16.6 Å². The van der Waals surface area contributed by atoms with Crippen LogP contribution in [0.3, 0.4) is 0 Å². The highest BCUT2D eigenvalue weighted by Crippen LogP contribution is 2.40. The van der Waals surface area contributed by atoms with Crippen molar-refractivity contribution in [1.82, 2.24) is 10.3 Å². The molecule has 2 unspecified atom stereocenters. The number of carboxylic acid groups (broad SMARTS) is 1. The fourth-order valence-corrected chi connectivity index (χ4v) is 1.72. The van der Waals surface area contributed by atoms with Crippen molar-refractivity contribution in [2.24, 2.45) is 0 Å². The highest BCUT2D eigenvalue weighted by molar-refractivity contribution is 9.10. The molecule has 74 valence electrons. The van der Waals surface area contributed by atoms with Gasteiger partial charge in [0.05, 0.1) is 0 Å². The summed E-state index contributed by atoms with van der Waals surface area (Å²) >= 11 is 3.25. The fraction of sp³-hybridized carbons (Fsp3) is 0.333. The van der Waals surface area contributed by atoms with E-state index >= 15 is 0 Å². The number of carbonyl (C=O) groups is 1. The molecule has 2 atom stereocenters. The fourth-order valence-electron chi connectivity index (χ4n) is 1.49. The van der Waals surface area contributed by atoms with Gasteiger partial charge in [-0.3, -0.25) is 0 Å². The van der Waals surface area contributed by atoms with E-state index in [-0.39, 0.29) is 6.04 Å². The number of rotatable bonds is 2. The van der Waals surface area contributed by atoms with Gasteiger partial charge in [-0.15, -0.1) is 0 Å². The van der Waals surface area contributed by atoms with Crippen LogP contribution in [0.5, 0.6) is 0 Å². The van der Waals surface area contributed by atoms with Gasteiger partial charge in [0.2, 0.25) is 0 Å². The highest BCUT2D eigenvalue weighted by atomic mass is 79.9. The van der Waals surface area contributed by atoms with E-state index in [1.165, 1.54) is 0 Å². The third kappa shape index (κ3) is 2.04. The summed E-state index contributed by atoms with van der Waals surface area (Å²) in [5.74, 6) is 0.298. The lowest BCUT2D eigenvalue weighted by atomic mass is 10.2. The second-order valence-electron chi connectivity index (χ2n) is 3.31. The van der Waals surface area contributed by atoms with E-state index in [9.17, 15) is 4.79 Å². The van der Waals surface area contributed by atoms with Gasteiger partial charge < -0.3 is 10.4 Å². The molecule has 1 saturated carbocycles. The Balaban J connectivity index is 1.99. The molecule has 14 heavy (non-hydrogen) atoms. The molecule has 1 aliphatic rings. The van der Waals surface area contributed by atoms with E-state index in [2.05, 4.69) is 26.2 Å². The van der Waals surface area contributed by atoms with Crippen molar-refractivity contribution in [1.29, 1.82) is 0 Å². The number of amides is 1. The Morgan fingerprint density at radius 1 is 1.64 bits per heavy atom. The van der Waals surface area contributed by atoms with Gasteiger partial charge in [0.15, 0.2) is 0 Å². The third-order valence-corrected chi connectivity index (χ3v) is 2.75. The van der Waals surface area contributed by atoms with Gasteiger partial charge in [-0.05, 0) is 34.0 Å². The smallest absolute Gasteiger partial charge is 0.404 e. The van der Waals surface area contributed by atoms with Gasteiger partial charge in [-0.1, -0.05) is 6.07 Å². The van der Waals surface area contributed by atoms with Crippen molar-refractivity contribution in [2.45, 2.75) is 18.4 Å². The standard InChI is InChI=1S/C9H9BrN2O2/c10-8-2-1-5(4-11-8)6-3-7(6)12-9(13)14/h1-2,4,6-7,12H,3H2,(H,13,14). The number of hydrogen-bond acceptors (Lipinski definition) is 2. The maximum atomic E-state index is 10.3. The first-order valence-corrected chi connectivity index (χ1v) is 5.07. The molecule has 1 fully saturated rings. The normalized spacial score (nSPS) is 24.4. The van der Waals surface area contributed by atoms with Gasteiger partial charge in [-0.25, -0.2) is 9.78 Å². The number of hydrogen-bond donors (Lipinski definition) is 2. The highest BCUT2D eigenvalue weighted by Gasteiger charge is 2.39. The minimum absolute atomic E-state index is 0.0653. The van der Waals surface area contributed by atoms with Crippen molar-refractivity contribution in [3.05, 3.63) is 28.5 Å². The van der Waals surface area contributed by atoms with Crippen LogP contribution in [0.2, 0.25) is 0 Å². The average molecular weight is 257 g/mol. The van der Waals surface area contributed by atoms with Crippen LogP contribution in [0.4, 0.5) is 4.79 Å². The summed E-state index contributed by atoms with van der Waals surface area (Å²) < 4.78 is 0.796. The van der Waals surface area contributed by atoms with Gasteiger partial charge in [-0.2, -0.15) is 0 Å². The lowest BCUT2D eigenvalue weighted by molar-refractivity contribution is 0.193. The molecule has 4 nitrogen and oxygen atoms in total. The summed E-state index contributed by atoms with van der Waals surface area (Å²) in [5, 5.41) is 11.0. The second kappa shape index (κ2) is 3.57. The summed E-state index contributed by atoms with van der Waals surface area (Å²) in [6.45, 7) is 0. The quantitative estimate of drug-likeness (QED) is 0.796. The largest absolute Gasteiger partial charge is 0.465 e. The molecule has 5 heteroatoms. The first-order valence-electron chi connectivity index (χ1n) is 4.28. The summed E-state index contributed by atoms with van der Waals surface area (Å²) in [6.07, 6.45) is 1.69. The molecule has 1 amide bonds. The van der Waals surface area contributed by atoms with Crippen molar-refractivity contribution >= 4 is 22.0 Å². The lowest BCUT2D eigenvalue weighted by Crippen LogP contribution is -2.24. The Labute approximate surface area is 89.5 Å². The predicted molar refractivity (Wildman–Crippen MR) is 54.2 cm³/mol. The molecular formula is C9H9BrN2O2. The summed E-state index contributed by atoms with van der Waals surface area (Å²) in [7, 11) is 0. The SMILES string of the molecule is O=C(O)NC1CC1c1ccc(Br)nc1. The van der Waals surface area contributed by atoms with Gasteiger partial charge in [0.1, 0.15) is 4.60 Å². The number of halogens is 1. The molecular weight excluding hydrogens is 248 g/mol. The predicted octanol–water partition coefficient (Wildman–Crippen LogP) is 1.97. The Morgan fingerprint density at radius 3 is 3.00 bits per heavy atom. The number of pyridine rings is 1. The van der Waals surface area contributed by atoms with Gasteiger partial charge in [0, 0.05) is 18.2 Å². The molecule has 0 aromatic carbocycles. The zero-order chi connectivity index (χ0) is 10.1. The van der Waals surface area contributed by atoms with E-state index in [4.69, 9.17) is 5.11 Å². The maximum absolute atomic E-state index is 10.3. The molecule has 1 aliphatic carbocycles. The lowest BCUT2D eigenvalue weighted by Gasteiger charge is -2.00. The molecule has 2 N–H and O–H groups in total. The Morgan fingerprint density at radius 2 is 2.43 bits per heavy atom. The topological polar surface area (TPSA) is 62.2 Å². The van der Waals surface area contributed by atoms with Crippen LogP contribution < -0.4 is 5.32 Å². The van der Waals surface area contributed by atoms with E-state index in [0.29, 0.717) is 5.92 Å². The van der Waals surface area contributed by atoms with Gasteiger partial charge in [0.25, 0.3) is 0 Å². The molecule has 0 bridgehead atoms. The van der Waals surface area contributed by atoms with Crippen LogP contribution >= 0.6 is 15.9 Å². The average Bonchev–Trinajstić information content (AvgIpc) is 2.84. The van der Waals surface area contributed by atoms with Crippen LogP contribution in [-0.4, -0.2) is 22.2 Å². The van der Waals surface area contributed by atoms with Crippen LogP contribution in [0.1, 0.15) is 17.9 Å². The summed E-state index contributed by atoms with van der Waals surface area (Å²) in [4.78, 5) is 14.4. The van der Waals surface area contributed by atoms with Crippen molar-refractivity contribution in [2.75, 3.05) is 0 Å². The molecule has 0 saturated heterocycles. The first kappa shape index (κ1) is 9.45. The third-order valence-electron chi connectivity index (χ3n) is 2.28. The van der Waals surface area contributed by atoms with E-state index in [1.54, 1.807) is 6.20 Å². The van der Waals surface area contributed by atoms with E-state index < -0.39 is 6.09 Å². The molecule has 0 spiro atoms. The zero-order valence-electron chi connectivity index (χ0n) is 7.27. The second-order valence-corrected chi connectivity index (χ2v) is 4.12. The number of nitrogens with zero attached hydrogens (tertiary/aromatic N) is 1. The minimum atomic E-state index is -0.956. The zero-order valence-corrected chi connectivity index (χ0v) is 8.86. The van der Waals surface area contributed by atoms with Crippen LogP contribution in [0, 0.1) is 0 Å². The number of aromatic nitrogens is 1. The first-order chi connectivity index (χ1) is 6.66. The summed E-state index contributed by atoms with van der Waals surface area (Å²) in [6, 6.07) is 3.90. The minimum Gasteiger partial charge on any atom is -0.465 e. The Bertz CT molecular complexity index is 352. The molecule has 1 aromatic rings. The monoisotopic (exact) mass is 256 g/mol. The molecule has 1 heterocycles. The Kier molecular flexibility index (Phi) is 2.41. The van der Waals surface area contributed by atoms with Crippen LogP contribution in [0.25, 0.3) is 0 Å². The van der Waals surface area contributed by atoms with E-state index in [1.807, 2.05) is 12.1 Å². The molecule has 0 radical (unpaired) electrons. The number of nitrogens with one attached hydrogen (secondary N) is 1.